The van der Waals surface area contributed by atoms with Gasteiger partial charge in [0.15, 0.2) is 17.5 Å². The first-order chi connectivity index (χ1) is 25.8. The van der Waals surface area contributed by atoms with Gasteiger partial charge in [-0.2, -0.15) is 0 Å². The molecule has 0 saturated carbocycles. The normalized spacial score (nSPS) is 14.3. The van der Waals surface area contributed by atoms with Crippen LogP contribution in [0.15, 0.2) is 158 Å². The molecule has 2 aromatic heterocycles. The predicted molar refractivity (Wildman–Crippen MR) is 219 cm³/mol. The van der Waals surface area contributed by atoms with Crippen molar-refractivity contribution in [2.24, 2.45) is 0 Å². The van der Waals surface area contributed by atoms with E-state index in [1.54, 1.807) is 0 Å². The van der Waals surface area contributed by atoms with Crippen molar-refractivity contribution >= 4 is 32.6 Å². The van der Waals surface area contributed by atoms with E-state index in [0.29, 0.717) is 17.5 Å². The Morgan fingerprint density at radius 2 is 0.925 bits per heavy atom. The minimum absolute atomic E-state index is 0.0583. The van der Waals surface area contributed by atoms with Gasteiger partial charge in [-0.1, -0.05) is 155 Å². The van der Waals surface area contributed by atoms with Gasteiger partial charge in [-0.05, 0) is 68.8 Å². The summed E-state index contributed by atoms with van der Waals surface area (Å²) in [5, 5.41) is 4.73. The average Bonchev–Trinajstić information content (AvgIpc) is 3.53. The molecule has 0 N–H and O–H groups in total. The number of para-hydroxylation sites is 1. The van der Waals surface area contributed by atoms with Crippen LogP contribution in [0, 0.1) is 0 Å². The van der Waals surface area contributed by atoms with E-state index >= 15 is 0 Å². The Morgan fingerprint density at radius 3 is 1.62 bits per heavy atom. The van der Waals surface area contributed by atoms with Crippen molar-refractivity contribution in [3.8, 4) is 51.0 Å². The molecule has 1 aliphatic carbocycles. The standard InChI is InChI=1S/C49H38N4/c1-48(2)40-25-15-13-22-34(40)38-29-39-36-24-14-16-26-42(36)53(44(39)30-41(38)49(48,3)4)43-28-27-37(33-21-11-12-23-35(33)43)47-51-45(31-17-7-5-8-18-31)50-46(52-47)32-19-9-6-10-20-32/h5-30H,1-4H3. The summed E-state index contributed by atoms with van der Waals surface area (Å²) in [6.45, 7) is 9.61. The topological polar surface area (TPSA) is 43.6 Å². The molecule has 1 aliphatic rings. The van der Waals surface area contributed by atoms with Crippen LogP contribution in [0.4, 0.5) is 0 Å². The third-order valence-corrected chi connectivity index (χ3v) is 12.0. The van der Waals surface area contributed by atoms with Crippen LogP contribution in [0.5, 0.6) is 0 Å². The molecule has 4 nitrogen and oxygen atoms in total. The lowest BCUT2D eigenvalue weighted by molar-refractivity contribution is 0.299. The lowest BCUT2D eigenvalue weighted by Gasteiger charge is -2.48. The van der Waals surface area contributed by atoms with E-state index in [0.717, 1.165) is 33.2 Å². The van der Waals surface area contributed by atoms with Crippen LogP contribution >= 0.6 is 0 Å². The second kappa shape index (κ2) is 11.6. The monoisotopic (exact) mass is 682 g/mol. The molecule has 0 bridgehead atoms. The highest BCUT2D eigenvalue weighted by molar-refractivity contribution is 6.13. The van der Waals surface area contributed by atoms with Crippen LogP contribution in [0.25, 0.3) is 83.6 Å². The summed E-state index contributed by atoms with van der Waals surface area (Å²) in [7, 11) is 0. The van der Waals surface area contributed by atoms with Crippen LogP contribution in [0.2, 0.25) is 0 Å². The third-order valence-electron chi connectivity index (χ3n) is 12.0. The lowest BCUT2D eigenvalue weighted by Crippen LogP contribution is -2.43. The van der Waals surface area contributed by atoms with Crippen LogP contribution in [-0.2, 0) is 10.8 Å². The molecule has 0 amide bonds. The number of aromatic nitrogens is 4. The van der Waals surface area contributed by atoms with Gasteiger partial charge >= 0.3 is 0 Å². The smallest absolute Gasteiger partial charge is 0.164 e. The fraction of sp³-hybridized carbons (Fsp3) is 0.122. The van der Waals surface area contributed by atoms with E-state index in [-0.39, 0.29) is 10.8 Å². The Hall–Kier alpha value is -6.39. The zero-order chi connectivity index (χ0) is 35.9. The van der Waals surface area contributed by atoms with Gasteiger partial charge in [-0.3, -0.25) is 0 Å². The molecule has 0 fully saturated rings. The highest BCUT2D eigenvalue weighted by Crippen LogP contribution is 2.55. The Balaban J connectivity index is 1.24. The van der Waals surface area contributed by atoms with Crippen molar-refractivity contribution in [1.82, 2.24) is 19.5 Å². The summed E-state index contributed by atoms with van der Waals surface area (Å²) >= 11 is 0. The minimum atomic E-state index is -0.107. The fourth-order valence-electron chi connectivity index (χ4n) is 8.55. The van der Waals surface area contributed by atoms with Crippen molar-refractivity contribution in [2.45, 2.75) is 38.5 Å². The molecule has 2 heterocycles. The molecule has 7 aromatic carbocycles. The largest absolute Gasteiger partial charge is 0.309 e. The second-order valence-corrected chi connectivity index (χ2v) is 15.3. The van der Waals surface area contributed by atoms with E-state index in [2.05, 4.69) is 154 Å². The first-order valence-corrected chi connectivity index (χ1v) is 18.4. The second-order valence-electron chi connectivity index (χ2n) is 15.3. The predicted octanol–water partition coefficient (Wildman–Crippen LogP) is 12.4. The first kappa shape index (κ1) is 31.4. The van der Waals surface area contributed by atoms with Gasteiger partial charge in [0.25, 0.3) is 0 Å². The van der Waals surface area contributed by atoms with Crippen molar-refractivity contribution < 1.29 is 0 Å². The molecular formula is C49H38N4. The van der Waals surface area contributed by atoms with E-state index in [1.165, 1.54) is 44.1 Å². The van der Waals surface area contributed by atoms with Crippen molar-refractivity contribution in [3.63, 3.8) is 0 Å². The van der Waals surface area contributed by atoms with Gasteiger partial charge in [-0.25, -0.2) is 15.0 Å². The van der Waals surface area contributed by atoms with E-state index in [1.807, 2.05) is 36.4 Å². The number of nitrogens with zero attached hydrogens (tertiary/aromatic N) is 4. The Labute approximate surface area is 309 Å². The average molecular weight is 683 g/mol. The zero-order valence-corrected chi connectivity index (χ0v) is 30.3. The SMILES string of the molecule is CC1(C)c2ccccc2-c2cc3c4ccccc4n(-c4ccc(-c5nc(-c6ccccc6)nc(-c6ccccc6)n5)c5ccccc45)c3cc2C1(C)C. The van der Waals surface area contributed by atoms with E-state index in [9.17, 15) is 0 Å². The Morgan fingerprint density at radius 1 is 0.377 bits per heavy atom. The summed E-state index contributed by atoms with van der Waals surface area (Å²) in [4.78, 5) is 15.2. The highest BCUT2D eigenvalue weighted by atomic mass is 15.0. The van der Waals surface area contributed by atoms with Gasteiger partial charge in [-0.15, -0.1) is 0 Å². The molecule has 10 rings (SSSR count). The maximum atomic E-state index is 5.11. The quantitative estimate of drug-likeness (QED) is 0.186. The molecule has 0 saturated heterocycles. The number of hydrogen-bond acceptors (Lipinski definition) is 3. The summed E-state index contributed by atoms with van der Waals surface area (Å²) in [5.74, 6) is 1.96. The first-order valence-electron chi connectivity index (χ1n) is 18.4. The molecule has 0 spiro atoms. The van der Waals surface area contributed by atoms with Gasteiger partial charge < -0.3 is 4.57 Å². The Kier molecular flexibility index (Phi) is 6.84. The molecule has 0 atom stereocenters. The van der Waals surface area contributed by atoms with E-state index in [4.69, 9.17) is 15.0 Å². The van der Waals surface area contributed by atoms with Gasteiger partial charge in [0.2, 0.25) is 0 Å². The van der Waals surface area contributed by atoms with Gasteiger partial charge in [0, 0.05) is 32.8 Å². The van der Waals surface area contributed by atoms with Crippen LogP contribution in [0.1, 0.15) is 38.8 Å². The van der Waals surface area contributed by atoms with E-state index < -0.39 is 0 Å². The number of benzene rings is 7. The van der Waals surface area contributed by atoms with Crippen molar-refractivity contribution in [2.75, 3.05) is 0 Å². The molecule has 0 radical (unpaired) electrons. The maximum Gasteiger partial charge on any atom is 0.164 e. The van der Waals surface area contributed by atoms with Gasteiger partial charge in [0.05, 0.1) is 16.7 Å². The summed E-state index contributed by atoms with van der Waals surface area (Å²) in [6.07, 6.45) is 0. The van der Waals surface area contributed by atoms with Crippen molar-refractivity contribution in [3.05, 3.63) is 169 Å². The van der Waals surface area contributed by atoms with Crippen LogP contribution in [-0.4, -0.2) is 19.5 Å². The molecule has 9 aromatic rings. The number of hydrogen-bond donors (Lipinski definition) is 0. The van der Waals surface area contributed by atoms with Crippen LogP contribution < -0.4 is 0 Å². The molecule has 0 aliphatic heterocycles. The molecular weight excluding hydrogens is 645 g/mol. The van der Waals surface area contributed by atoms with Crippen LogP contribution in [0.3, 0.4) is 0 Å². The minimum Gasteiger partial charge on any atom is -0.309 e. The maximum absolute atomic E-state index is 5.11. The molecule has 254 valence electrons. The Bertz CT molecular complexity index is 2820. The van der Waals surface area contributed by atoms with Crippen molar-refractivity contribution in [1.29, 1.82) is 0 Å². The third kappa shape index (κ3) is 4.65. The summed E-state index contributed by atoms with van der Waals surface area (Å²) < 4.78 is 2.47. The number of rotatable bonds is 4. The fourth-order valence-corrected chi connectivity index (χ4v) is 8.55. The lowest BCUT2D eigenvalue weighted by atomic mass is 9.55. The van der Waals surface area contributed by atoms with Gasteiger partial charge in [0.1, 0.15) is 0 Å². The molecule has 0 unspecified atom stereocenters. The molecule has 4 heteroatoms. The number of fused-ring (bicyclic) bond motifs is 7. The summed E-state index contributed by atoms with van der Waals surface area (Å²) in [6, 6.07) is 56.2. The zero-order valence-electron chi connectivity index (χ0n) is 30.3. The highest BCUT2D eigenvalue weighted by Gasteiger charge is 2.46. The molecule has 53 heavy (non-hydrogen) atoms. The summed E-state index contributed by atoms with van der Waals surface area (Å²) in [5.41, 5.74) is 11.7.